The molecule has 196 valence electrons. The van der Waals surface area contributed by atoms with Gasteiger partial charge in [-0.05, 0) is 42.9 Å². The van der Waals surface area contributed by atoms with Crippen LogP contribution >= 0.6 is 0 Å². The summed E-state index contributed by atoms with van der Waals surface area (Å²) < 4.78 is 7.28. The van der Waals surface area contributed by atoms with E-state index in [1.807, 2.05) is 29.9 Å². The fourth-order valence-corrected chi connectivity index (χ4v) is 5.22. The highest BCUT2D eigenvalue weighted by Gasteiger charge is 2.65. The Balaban J connectivity index is 0.000000843. The number of aromatic nitrogens is 5. The van der Waals surface area contributed by atoms with Crippen LogP contribution in [-0.2, 0) is 14.3 Å². The lowest BCUT2D eigenvalue weighted by atomic mass is 10.1. The molecule has 1 amide bonds. The molecule has 12 heteroatoms. The molecule has 2 aliphatic carbocycles. The van der Waals surface area contributed by atoms with Crippen LogP contribution in [0.2, 0.25) is 0 Å². The van der Waals surface area contributed by atoms with Crippen LogP contribution in [0.3, 0.4) is 0 Å². The predicted octanol–water partition coefficient (Wildman–Crippen LogP) is 2.66. The summed E-state index contributed by atoms with van der Waals surface area (Å²) in [5.41, 5.74) is 2.94. The summed E-state index contributed by atoms with van der Waals surface area (Å²) >= 11 is 0. The van der Waals surface area contributed by atoms with E-state index in [-0.39, 0.29) is 18.3 Å². The highest BCUT2D eigenvalue weighted by atomic mass is 16.5. The second-order valence-electron chi connectivity index (χ2n) is 9.82. The van der Waals surface area contributed by atoms with Gasteiger partial charge in [-0.15, -0.1) is 5.10 Å². The van der Waals surface area contributed by atoms with E-state index in [4.69, 9.17) is 24.7 Å². The van der Waals surface area contributed by atoms with Crippen molar-refractivity contribution in [2.24, 2.45) is 11.3 Å². The van der Waals surface area contributed by atoms with Gasteiger partial charge >= 0.3 is 0 Å². The van der Waals surface area contributed by atoms with Crippen molar-refractivity contribution in [1.29, 1.82) is 0 Å². The van der Waals surface area contributed by atoms with E-state index in [1.165, 1.54) is 12.8 Å². The highest BCUT2D eigenvalue weighted by molar-refractivity contribution is 6.03. The molecule has 0 radical (unpaired) electrons. The van der Waals surface area contributed by atoms with Crippen LogP contribution < -0.4 is 15.5 Å². The molecule has 3 aliphatic rings. The van der Waals surface area contributed by atoms with Crippen molar-refractivity contribution in [2.75, 3.05) is 48.9 Å². The molecule has 5 heterocycles. The van der Waals surface area contributed by atoms with Crippen molar-refractivity contribution in [3.05, 3.63) is 36.8 Å². The average Bonchev–Trinajstić information content (AvgIpc) is 3.84. The van der Waals surface area contributed by atoms with E-state index in [9.17, 15) is 4.79 Å². The Morgan fingerprint density at radius 3 is 2.68 bits per heavy atom. The molecule has 0 unspecified atom stereocenters. The van der Waals surface area contributed by atoms with Gasteiger partial charge in [0.2, 0.25) is 5.91 Å². The van der Waals surface area contributed by atoms with Gasteiger partial charge in [-0.1, -0.05) is 0 Å². The van der Waals surface area contributed by atoms with Crippen molar-refractivity contribution in [1.82, 2.24) is 24.6 Å². The number of nitrogens with one attached hydrogen (secondary N) is 2. The number of rotatable bonds is 5. The molecule has 2 saturated carbocycles. The van der Waals surface area contributed by atoms with Crippen LogP contribution in [0.5, 0.6) is 0 Å². The third-order valence-electron chi connectivity index (χ3n) is 7.59. The number of carbonyl (C=O) groups excluding carboxylic acids is 1. The predicted molar refractivity (Wildman–Crippen MR) is 141 cm³/mol. The van der Waals surface area contributed by atoms with E-state index in [2.05, 4.69) is 31.6 Å². The Kier molecular flexibility index (Phi) is 6.03. The van der Waals surface area contributed by atoms with Gasteiger partial charge in [-0.2, -0.15) is 0 Å². The van der Waals surface area contributed by atoms with E-state index >= 15 is 0 Å². The van der Waals surface area contributed by atoms with Crippen LogP contribution in [0.4, 0.5) is 17.3 Å². The van der Waals surface area contributed by atoms with E-state index in [1.54, 1.807) is 12.4 Å². The van der Waals surface area contributed by atoms with Gasteiger partial charge in [-0.25, -0.2) is 19.5 Å². The fourth-order valence-electron chi connectivity index (χ4n) is 5.22. The molecule has 12 nitrogen and oxygen atoms in total. The number of hydrogen-bond acceptors (Lipinski definition) is 9. The van der Waals surface area contributed by atoms with E-state index in [0.717, 1.165) is 60.4 Å². The summed E-state index contributed by atoms with van der Waals surface area (Å²) in [5, 5.41) is 19.6. The highest BCUT2D eigenvalue weighted by Crippen LogP contribution is 2.70. The number of nitrogens with zero attached hydrogens (tertiary/aromatic N) is 6. The quantitative estimate of drug-likeness (QED) is 0.338. The van der Waals surface area contributed by atoms with E-state index < -0.39 is 0 Å². The Bertz CT molecular complexity index is 1530. The van der Waals surface area contributed by atoms with Crippen molar-refractivity contribution < 1.29 is 19.4 Å². The topological polar surface area (TPSA) is 147 Å². The first-order chi connectivity index (χ1) is 18.5. The molecule has 38 heavy (non-hydrogen) atoms. The van der Waals surface area contributed by atoms with Crippen molar-refractivity contribution >= 4 is 46.1 Å². The zero-order chi connectivity index (χ0) is 26.3. The minimum Gasteiger partial charge on any atom is -0.483 e. The number of carbonyl (C=O) groups is 2. The maximum absolute atomic E-state index is 12.7. The molecule has 3 N–H and O–H groups in total. The largest absolute Gasteiger partial charge is 0.483 e. The van der Waals surface area contributed by atoms with Crippen LogP contribution in [0.1, 0.15) is 19.3 Å². The first-order valence-corrected chi connectivity index (χ1v) is 12.6. The summed E-state index contributed by atoms with van der Waals surface area (Å²) in [6.45, 7) is 2.92. The van der Waals surface area contributed by atoms with Gasteiger partial charge < -0.3 is 25.4 Å². The number of morpholine rings is 1. The molecule has 1 spiro atoms. The summed E-state index contributed by atoms with van der Waals surface area (Å²) in [4.78, 5) is 37.2. The minimum atomic E-state index is -0.250. The Morgan fingerprint density at radius 1 is 1.18 bits per heavy atom. The van der Waals surface area contributed by atoms with Gasteiger partial charge in [0.25, 0.3) is 6.47 Å². The van der Waals surface area contributed by atoms with Gasteiger partial charge in [-0.3, -0.25) is 9.59 Å². The summed E-state index contributed by atoms with van der Waals surface area (Å²) in [7, 11) is 1.83. The number of carboxylic acid groups (broad SMARTS) is 1. The third kappa shape index (κ3) is 4.36. The maximum Gasteiger partial charge on any atom is 0.290 e. The Morgan fingerprint density at radius 2 is 1.97 bits per heavy atom. The number of pyridine rings is 3. The average molecular weight is 517 g/mol. The molecular weight excluding hydrogens is 488 g/mol. The second-order valence-corrected chi connectivity index (χ2v) is 9.82. The van der Waals surface area contributed by atoms with Crippen molar-refractivity contribution in [2.45, 2.75) is 19.3 Å². The smallest absolute Gasteiger partial charge is 0.290 e. The lowest BCUT2D eigenvalue weighted by Crippen LogP contribution is -2.36. The van der Waals surface area contributed by atoms with Crippen LogP contribution in [-0.4, -0.2) is 75.4 Å². The zero-order valence-corrected chi connectivity index (χ0v) is 20.9. The van der Waals surface area contributed by atoms with Crippen LogP contribution in [0, 0.1) is 11.3 Å². The number of hydrogen-bond donors (Lipinski definition) is 3. The molecule has 3 fully saturated rings. The lowest BCUT2D eigenvalue weighted by Gasteiger charge is -2.28. The standard InChI is InChI=1S/C25H26N8O2.CH2O2/c1-26-22-17-12-27-20(29-24(34)19-11-25(19)4-5-25)10-16(17)18(13-28-22)23-30-21-3-2-15(14-33(21)31-23)32-6-8-35-9-7-32;2-1-3/h2-3,10,12-14,19H,4-9,11H2,1H3,(H,26,28)(H,27,29,34);1H,(H,2,3)/t19-;/m0./s1. The molecule has 0 aromatic carbocycles. The van der Waals surface area contributed by atoms with Gasteiger partial charge in [0.1, 0.15) is 11.6 Å². The lowest BCUT2D eigenvalue weighted by molar-refractivity contribution is -0.123. The van der Waals surface area contributed by atoms with Gasteiger partial charge in [0.15, 0.2) is 11.5 Å². The molecular formula is C26H28N8O4. The van der Waals surface area contributed by atoms with Crippen molar-refractivity contribution in [3.63, 3.8) is 0 Å². The SMILES string of the molecule is CNc1ncc(-c2nc3ccc(N4CCOCC4)cn3n2)c2cc(NC(=O)[C@@H]3CC34CC4)ncc12.O=CO. The Labute approximate surface area is 218 Å². The number of anilines is 3. The molecule has 1 aliphatic heterocycles. The molecule has 0 bridgehead atoms. The first kappa shape index (κ1) is 24.0. The first-order valence-electron chi connectivity index (χ1n) is 12.6. The fraction of sp³-hybridized carbons (Fsp3) is 0.385. The third-order valence-corrected chi connectivity index (χ3v) is 7.59. The second kappa shape index (κ2) is 9.53. The monoisotopic (exact) mass is 516 g/mol. The number of amides is 1. The molecule has 1 saturated heterocycles. The molecule has 4 aromatic heterocycles. The van der Waals surface area contributed by atoms with Crippen LogP contribution in [0.25, 0.3) is 27.8 Å². The molecule has 1 atom stereocenters. The minimum absolute atomic E-state index is 0.0697. The zero-order valence-electron chi connectivity index (χ0n) is 20.9. The van der Waals surface area contributed by atoms with E-state index in [0.29, 0.717) is 22.9 Å². The molecule has 4 aromatic rings. The maximum atomic E-state index is 12.7. The normalized spacial score (nSPS) is 19.1. The molecule has 7 rings (SSSR count). The van der Waals surface area contributed by atoms with Gasteiger partial charge in [0.05, 0.1) is 25.1 Å². The summed E-state index contributed by atoms with van der Waals surface area (Å²) in [6, 6.07) is 5.95. The van der Waals surface area contributed by atoms with Crippen molar-refractivity contribution in [3.8, 4) is 11.4 Å². The van der Waals surface area contributed by atoms with Gasteiger partial charge in [0, 0.05) is 54.8 Å². The van der Waals surface area contributed by atoms with Crippen LogP contribution in [0.15, 0.2) is 36.8 Å². The summed E-state index contributed by atoms with van der Waals surface area (Å²) in [5.74, 6) is 2.03. The number of ether oxygens (including phenoxy) is 1. The summed E-state index contributed by atoms with van der Waals surface area (Å²) in [6.07, 6.45) is 8.88. The Hall–Kier alpha value is -4.32. The number of fused-ring (bicyclic) bond motifs is 2.